The molecule has 1 aromatic rings. The van der Waals surface area contributed by atoms with Crippen molar-refractivity contribution in [1.29, 1.82) is 0 Å². The summed E-state index contributed by atoms with van der Waals surface area (Å²) >= 11 is 0. The maximum Gasteiger partial charge on any atom is 0.0233 e. The molecule has 0 aliphatic carbocycles. The maximum absolute atomic E-state index is 3.64. The van der Waals surface area contributed by atoms with Crippen LogP contribution in [0.15, 0.2) is 55.1 Å². The third-order valence-corrected chi connectivity index (χ3v) is 1.98. The summed E-state index contributed by atoms with van der Waals surface area (Å²) < 4.78 is 0. The van der Waals surface area contributed by atoms with Gasteiger partial charge in [-0.1, -0.05) is 55.1 Å². The van der Waals surface area contributed by atoms with Crippen molar-refractivity contribution in [3.63, 3.8) is 0 Å². The molecule has 0 unspecified atom stereocenters. The lowest BCUT2D eigenvalue weighted by atomic mass is 10.2. The second kappa shape index (κ2) is 6.17. The predicted octanol–water partition coefficient (Wildman–Crippen LogP) is 2.86. The summed E-state index contributed by atoms with van der Waals surface area (Å²) in [7, 11) is 2.11. The minimum Gasteiger partial charge on any atom is -0.298 e. The lowest BCUT2D eigenvalue weighted by molar-refractivity contribution is 0.363. The van der Waals surface area contributed by atoms with Crippen molar-refractivity contribution in [2.75, 3.05) is 13.6 Å². The zero-order valence-corrected chi connectivity index (χ0v) is 8.69. The Balaban J connectivity index is 2.37. The highest BCUT2D eigenvalue weighted by atomic mass is 15.1. The molecule has 0 radical (unpaired) electrons. The van der Waals surface area contributed by atoms with Crippen LogP contribution in [0.4, 0.5) is 0 Å². The molecular weight excluding hydrogens is 170 g/mol. The van der Waals surface area contributed by atoms with E-state index in [1.807, 2.05) is 12.1 Å². The standard InChI is InChI=1S/C13H17N/c1-3-4-8-11-14(2)12-13-9-6-5-7-10-13/h3-10H,1,11-12H2,2H3. The van der Waals surface area contributed by atoms with Crippen molar-refractivity contribution in [2.45, 2.75) is 6.54 Å². The summed E-state index contributed by atoms with van der Waals surface area (Å²) in [6, 6.07) is 10.5. The van der Waals surface area contributed by atoms with Gasteiger partial charge in [-0.05, 0) is 12.6 Å². The Morgan fingerprint density at radius 1 is 1.29 bits per heavy atom. The Kier molecular flexibility index (Phi) is 4.73. The summed E-state index contributed by atoms with van der Waals surface area (Å²) in [5.74, 6) is 0. The lowest BCUT2D eigenvalue weighted by Crippen LogP contribution is -2.17. The fourth-order valence-electron chi connectivity index (χ4n) is 1.30. The second-order valence-corrected chi connectivity index (χ2v) is 3.35. The smallest absolute Gasteiger partial charge is 0.0233 e. The van der Waals surface area contributed by atoms with Crippen LogP contribution in [0.2, 0.25) is 0 Å². The topological polar surface area (TPSA) is 3.24 Å². The average molecular weight is 187 g/mol. The van der Waals surface area contributed by atoms with Gasteiger partial charge < -0.3 is 0 Å². The number of benzene rings is 1. The zero-order valence-electron chi connectivity index (χ0n) is 8.69. The van der Waals surface area contributed by atoms with Crippen LogP contribution in [-0.4, -0.2) is 18.5 Å². The largest absolute Gasteiger partial charge is 0.298 e. The highest BCUT2D eigenvalue weighted by Crippen LogP contribution is 2.01. The van der Waals surface area contributed by atoms with E-state index in [9.17, 15) is 0 Å². The van der Waals surface area contributed by atoms with E-state index < -0.39 is 0 Å². The molecule has 14 heavy (non-hydrogen) atoms. The third-order valence-electron chi connectivity index (χ3n) is 1.98. The highest BCUT2D eigenvalue weighted by molar-refractivity contribution is 5.14. The molecule has 0 heterocycles. The molecule has 0 N–H and O–H groups in total. The monoisotopic (exact) mass is 187 g/mol. The first-order valence-corrected chi connectivity index (χ1v) is 4.83. The molecule has 74 valence electrons. The molecule has 0 amide bonds. The van der Waals surface area contributed by atoms with E-state index in [-0.39, 0.29) is 0 Å². The number of likely N-dealkylation sites (N-methyl/N-ethyl adjacent to an activating group) is 1. The van der Waals surface area contributed by atoms with Gasteiger partial charge in [0.15, 0.2) is 0 Å². The molecular formula is C13H17N. The molecule has 0 fully saturated rings. The molecule has 1 heteroatoms. The van der Waals surface area contributed by atoms with Crippen LogP contribution in [0.1, 0.15) is 5.56 Å². The van der Waals surface area contributed by atoms with E-state index in [1.165, 1.54) is 5.56 Å². The van der Waals surface area contributed by atoms with Crippen molar-refractivity contribution in [1.82, 2.24) is 4.90 Å². The van der Waals surface area contributed by atoms with Crippen LogP contribution in [0.3, 0.4) is 0 Å². The van der Waals surface area contributed by atoms with Gasteiger partial charge in [0.1, 0.15) is 0 Å². The molecule has 0 saturated carbocycles. The summed E-state index contributed by atoms with van der Waals surface area (Å²) in [6.45, 7) is 5.58. The van der Waals surface area contributed by atoms with Crippen LogP contribution in [0, 0.1) is 0 Å². The van der Waals surface area contributed by atoms with Gasteiger partial charge >= 0.3 is 0 Å². The zero-order chi connectivity index (χ0) is 10.2. The van der Waals surface area contributed by atoms with Crippen LogP contribution in [0.5, 0.6) is 0 Å². The fourth-order valence-corrected chi connectivity index (χ4v) is 1.30. The fraction of sp³-hybridized carbons (Fsp3) is 0.231. The van der Waals surface area contributed by atoms with Crippen LogP contribution in [-0.2, 0) is 6.54 Å². The molecule has 0 aliphatic heterocycles. The lowest BCUT2D eigenvalue weighted by Gasteiger charge is -2.13. The molecule has 0 atom stereocenters. The number of allylic oxidation sites excluding steroid dienone is 2. The molecule has 0 aliphatic rings. The minimum absolute atomic E-state index is 0.959. The van der Waals surface area contributed by atoms with Crippen LogP contribution >= 0.6 is 0 Å². The van der Waals surface area contributed by atoms with Crippen molar-refractivity contribution < 1.29 is 0 Å². The molecule has 0 bridgehead atoms. The minimum atomic E-state index is 0.959. The third kappa shape index (κ3) is 4.06. The highest BCUT2D eigenvalue weighted by Gasteiger charge is 1.95. The van der Waals surface area contributed by atoms with Gasteiger partial charge in [0.05, 0.1) is 0 Å². The Morgan fingerprint density at radius 2 is 2.00 bits per heavy atom. The first-order chi connectivity index (χ1) is 6.83. The maximum atomic E-state index is 3.64. The van der Waals surface area contributed by atoms with Gasteiger partial charge in [-0.15, -0.1) is 0 Å². The average Bonchev–Trinajstić information content (AvgIpc) is 2.20. The van der Waals surface area contributed by atoms with Crippen molar-refractivity contribution in [3.8, 4) is 0 Å². The molecule has 0 aromatic heterocycles. The van der Waals surface area contributed by atoms with Crippen molar-refractivity contribution in [2.24, 2.45) is 0 Å². The van der Waals surface area contributed by atoms with Crippen molar-refractivity contribution >= 4 is 0 Å². The predicted molar refractivity (Wildman–Crippen MR) is 62.1 cm³/mol. The van der Waals surface area contributed by atoms with Gasteiger partial charge in [-0.2, -0.15) is 0 Å². The summed E-state index contributed by atoms with van der Waals surface area (Å²) in [5.41, 5.74) is 1.35. The van der Waals surface area contributed by atoms with Gasteiger partial charge in [0.2, 0.25) is 0 Å². The molecule has 1 rings (SSSR count). The Morgan fingerprint density at radius 3 is 2.64 bits per heavy atom. The van der Waals surface area contributed by atoms with E-state index in [4.69, 9.17) is 0 Å². The summed E-state index contributed by atoms with van der Waals surface area (Å²) in [4.78, 5) is 2.26. The first-order valence-electron chi connectivity index (χ1n) is 4.83. The number of hydrogen-bond acceptors (Lipinski definition) is 1. The van der Waals surface area contributed by atoms with E-state index in [1.54, 1.807) is 6.08 Å². The Bertz CT molecular complexity index is 287. The number of nitrogens with zero attached hydrogens (tertiary/aromatic N) is 1. The summed E-state index contributed by atoms with van der Waals surface area (Å²) in [6.07, 6.45) is 5.88. The molecule has 0 saturated heterocycles. The van der Waals surface area contributed by atoms with Gasteiger partial charge in [-0.3, -0.25) is 4.90 Å². The van der Waals surface area contributed by atoms with E-state index in [0.717, 1.165) is 13.1 Å². The van der Waals surface area contributed by atoms with E-state index in [0.29, 0.717) is 0 Å². The number of rotatable bonds is 5. The van der Waals surface area contributed by atoms with Crippen LogP contribution in [0.25, 0.3) is 0 Å². The van der Waals surface area contributed by atoms with Gasteiger partial charge in [-0.25, -0.2) is 0 Å². The van der Waals surface area contributed by atoms with E-state index >= 15 is 0 Å². The normalized spacial score (nSPS) is 11.0. The Labute approximate surface area is 86.4 Å². The Hall–Kier alpha value is -1.34. The quantitative estimate of drug-likeness (QED) is 0.641. The second-order valence-electron chi connectivity index (χ2n) is 3.35. The molecule has 0 spiro atoms. The van der Waals surface area contributed by atoms with Crippen LogP contribution < -0.4 is 0 Å². The first kappa shape index (κ1) is 10.7. The van der Waals surface area contributed by atoms with Gasteiger partial charge in [0.25, 0.3) is 0 Å². The van der Waals surface area contributed by atoms with Crippen molar-refractivity contribution in [3.05, 3.63) is 60.7 Å². The van der Waals surface area contributed by atoms with E-state index in [2.05, 4.69) is 48.9 Å². The molecule has 1 aromatic carbocycles. The SMILES string of the molecule is C=CC=CCN(C)Cc1ccccc1. The van der Waals surface area contributed by atoms with Gasteiger partial charge in [0, 0.05) is 13.1 Å². The summed E-state index contributed by atoms with van der Waals surface area (Å²) in [5, 5.41) is 0. The molecule has 1 nitrogen and oxygen atoms in total. The number of hydrogen-bond donors (Lipinski definition) is 0.